The molecule has 3 N–H and O–H groups in total. The third-order valence-corrected chi connectivity index (χ3v) is 1.77. The molecule has 0 aromatic carbocycles. The van der Waals surface area contributed by atoms with Crippen molar-refractivity contribution in [3.8, 4) is 0 Å². The molecule has 0 amide bonds. The Bertz CT molecular complexity index is 272. The van der Waals surface area contributed by atoms with Gasteiger partial charge < -0.3 is 20.1 Å². The normalized spacial score (nSPS) is 12.1. The first-order valence-corrected chi connectivity index (χ1v) is 4.34. The molecule has 0 aliphatic carbocycles. The number of esters is 1. The molecule has 0 spiro atoms. The third-order valence-electron chi connectivity index (χ3n) is 1.77. The first-order chi connectivity index (χ1) is 6.72. The highest BCUT2D eigenvalue weighted by atomic mass is 16.5. The maximum absolute atomic E-state index is 10.8. The predicted octanol–water partition coefficient (Wildman–Crippen LogP) is 0.351. The quantitative estimate of drug-likeness (QED) is 0.597. The van der Waals surface area contributed by atoms with E-state index in [1.165, 1.54) is 7.11 Å². The Morgan fingerprint density at radius 2 is 2.57 bits per heavy atom. The molecule has 5 heteroatoms. The van der Waals surface area contributed by atoms with Crippen LogP contribution >= 0.6 is 0 Å². The minimum atomic E-state index is -0.725. The Labute approximate surface area is 82.1 Å². The van der Waals surface area contributed by atoms with Gasteiger partial charge in [0.05, 0.1) is 25.3 Å². The molecule has 0 fully saturated rings. The Kier molecular flexibility index (Phi) is 4.00. The first-order valence-electron chi connectivity index (χ1n) is 4.34. The van der Waals surface area contributed by atoms with E-state index in [1.54, 1.807) is 12.4 Å². The molecule has 1 unspecified atom stereocenters. The van der Waals surface area contributed by atoms with Crippen molar-refractivity contribution in [3.63, 3.8) is 0 Å². The maximum Gasteiger partial charge on any atom is 0.308 e. The van der Waals surface area contributed by atoms with Crippen LogP contribution in [-0.2, 0) is 9.53 Å². The zero-order valence-electron chi connectivity index (χ0n) is 7.99. The summed E-state index contributed by atoms with van der Waals surface area (Å²) in [4.78, 5) is 13.6. The third kappa shape index (κ3) is 3.49. The van der Waals surface area contributed by atoms with E-state index >= 15 is 0 Å². The van der Waals surface area contributed by atoms with Crippen molar-refractivity contribution < 1.29 is 14.6 Å². The molecule has 14 heavy (non-hydrogen) atoms. The topological polar surface area (TPSA) is 74.3 Å². The number of hydrogen-bond donors (Lipinski definition) is 3. The van der Waals surface area contributed by atoms with Crippen molar-refractivity contribution in [2.75, 3.05) is 19.0 Å². The fourth-order valence-corrected chi connectivity index (χ4v) is 1.02. The van der Waals surface area contributed by atoms with Gasteiger partial charge in [-0.1, -0.05) is 0 Å². The molecule has 0 saturated heterocycles. The van der Waals surface area contributed by atoms with Gasteiger partial charge in [-0.25, -0.2) is 0 Å². The van der Waals surface area contributed by atoms with Gasteiger partial charge >= 0.3 is 5.97 Å². The van der Waals surface area contributed by atoms with Gasteiger partial charge in [-0.15, -0.1) is 0 Å². The molecule has 1 rings (SSSR count). The van der Waals surface area contributed by atoms with E-state index in [4.69, 9.17) is 0 Å². The van der Waals surface area contributed by atoms with Crippen LogP contribution in [0.2, 0.25) is 0 Å². The second kappa shape index (κ2) is 5.29. The second-order valence-electron chi connectivity index (χ2n) is 2.91. The molecule has 0 bridgehead atoms. The summed E-state index contributed by atoms with van der Waals surface area (Å²) in [5, 5.41) is 12.3. The van der Waals surface area contributed by atoms with Crippen molar-refractivity contribution in [3.05, 3.63) is 18.5 Å². The fraction of sp³-hybridized carbons (Fsp3) is 0.444. The lowest BCUT2D eigenvalue weighted by Crippen LogP contribution is -2.23. The minimum Gasteiger partial charge on any atom is -0.469 e. The van der Waals surface area contributed by atoms with Crippen LogP contribution in [-0.4, -0.2) is 35.8 Å². The Hall–Kier alpha value is -1.49. The Balaban J connectivity index is 2.21. The molecular weight excluding hydrogens is 184 g/mol. The molecule has 1 atom stereocenters. The number of nitrogens with one attached hydrogen (secondary N) is 2. The number of aromatic nitrogens is 1. The monoisotopic (exact) mass is 198 g/mol. The molecule has 78 valence electrons. The summed E-state index contributed by atoms with van der Waals surface area (Å²) in [6, 6.07) is 1.84. The number of carbonyl (C=O) groups is 1. The average molecular weight is 198 g/mol. The van der Waals surface area contributed by atoms with E-state index in [0.29, 0.717) is 6.54 Å². The van der Waals surface area contributed by atoms with Gasteiger partial charge in [0.25, 0.3) is 0 Å². The number of aromatic amines is 1. The Morgan fingerprint density at radius 1 is 1.79 bits per heavy atom. The molecular formula is C9H14N2O3. The molecule has 5 nitrogen and oxygen atoms in total. The number of anilines is 1. The van der Waals surface area contributed by atoms with Crippen LogP contribution in [0.1, 0.15) is 6.42 Å². The van der Waals surface area contributed by atoms with Crippen molar-refractivity contribution in [2.45, 2.75) is 12.5 Å². The minimum absolute atomic E-state index is 0.00786. The van der Waals surface area contributed by atoms with E-state index in [-0.39, 0.29) is 6.42 Å². The highest BCUT2D eigenvalue weighted by Crippen LogP contribution is 2.04. The van der Waals surface area contributed by atoms with Crippen molar-refractivity contribution in [1.82, 2.24) is 4.98 Å². The Morgan fingerprint density at radius 3 is 3.14 bits per heavy atom. The fourth-order valence-electron chi connectivity index (χ4n) is 1.02. The van der Waals surface area contributed by atoms with E-state index in [9.17, 15) is 9.90 Å². The highest BCUT2D eigenvalue weighted by Gasteiger charge is 2.10. The molecule has 1 heterocycles. The van der Waals surface area contributed by atoms with Crippen molar-refractivity contribution in [2.24, 2.45) is 0 Å². The van der Waals surface area contributed by atoms with Crippen LogP contribution in [0.25, 0.3) is 0 Å². The highest BCUT2D eigenvalue weighted by molar-refractivity contribution is 5.69. The molecule has 0 radical (unpaired) electrons. The van der Waals surface area contributed by atoms with Gasteiger partial charge in [-0.05, 0) is 6.07 Å². The van der Waals surface area contributed by atoms with Crippen LogP contribution in [0.5, 0.6) is 0 Å². The summed E-state index contributed by atoms with van der Waals surface area (Å²) in [6.45, 7) is 0.326. The predicted molar refractivity (Wildman–Crippen MR) is 51.9 cm³/mol. The van der Waals surface area contributed by atoms with Gasteiger partial charge in [0, 0.05) is 18.9 Å². The first kappa shape index (κ1) is 10.6. The maximum atomic E-state index is 10.8. The zero-order valence-corrected chi connectivity index (χ0v) is 7.99. The average Bonchev–Trinajstić information content (AvgIpc) is 2.67. The van der Waals surface area contributed by atoms with Crippen LogP contribution < -0.4 is 5.32 Å². The van der Waals surface area contributed by atoms with E-state index in [0.717, 1.165) is 5.69 Å². The van der Waals surface area contributed by atoms with Gasteiger partial charge in [0.1, 0.15) is 0 Å². The lowest BCUT2D eigenvalue weighted by atomic mass is 10.2. The van der Waals surface area contributed by atoms with Crippen LogP contribution in [0.15, 0.2) is 18.5 Å². The summed E-state index contributed by atoms with van der Waals surface area (Å²) < 4.78 is 4.43. The summed E-state index contributed by atoms with van der Waals surface area (Å²) in [6.07, 6.45) is 2.82. The number of hydrogen-bond acceptors (Lipinski definition) is 4. The number of methoxy groups -OCH3 is 1. The van der Waals surface area contributed by atoms with E-state index < -0.39 is 12.1 Å². The lowest BCUT2D eigenvalue weighted by Gasteiger charge is -2.09. The largest absolute Gasteiger partial charge is 0.469 e. The zero-order chi connectivity index (χ0) is 10.4. The van der Waals surface area contributed by atoms with Crippen LogP contribution in [0.3, 0.4) is 0 Å². The van der Waals surface area contributed by atoms with Crippen LogP contribution in [0.4, 0.5) is 5.69 Å². The summed E-state index contributed by atoms with van der Waals surface area (Å²) in [5.74, 6) is -0.409. The van der Waals surface area contributed by atoms with Gasteiger partial charge in [-0.2, -0.15) is 0 Å². The van der Waals surface area contributed by atoms with Crippen molar-refractivity contribution in [1.29, 1.82) is 0 Å². The number of ether oxygens (including phenoxy) is 1. The summed E-state index contributed by atoms with van der Waals surface area (Å²) in [7, 11) is 1.30. The van der Waals surface area contributed by atoms with Crippen LogP contribution in [0, 0.1) is 0 Å². The smallest absolute Gasteiger partial charge is 0.308 e. The molecule has 0 saturated carbocycles. The summed E-state index contributed by atoms with van der Waals surface area (Å²) in [5.41, 5.74) is 0.883. The molecule has 1 aromatic rings. The van der Waals surface area contributed by atoms with Gasteiger partial charge in [0.15, 0.2) is 0 Å². The van der Waals surface area contributed by atoms with Gasteiger partial charge in [0.2, 0.25) is 0 Å². The molecule has 1 aromatic heterocycles. The number of aliphatic hydroxyl groups excluding tert-OH is 1. The molecule has 0 aliphatic heterocycles. The number of rotatable bonds is 5. The van der Waals surface area contributed by atoms with E-state index in [2.05, 4.69) is 15.0 Å². The number of aliphatic hydroxyl groups is 1. The van der Waals surface area contributed by atoms with Crippen molar-refractivity contribution >= 4 is 11.7 Å². The standard InChI is InChI=1S/C9H14N2O3/c1-14-9(13)4-8(12)6-11-7-2-3-10-5-7/h2-3,5,8,10-12H,4,6H2,1H3. The van der Waals surface area contributed by atoms with Gasteiger partial charge in [-0.3, -0.25) is 4.79 Å². The number of carbonyl (C=O) groups excluding carboxylic acids is 1. The lowest BCUT2D eigenvalue weighted by molar-refractivity contribution is -0.142. The SMILES string of the molecule is COC(=O)CC(O)CNc1cc[nH]c1. The summed E-state index contributed by atoms with van der Waals surface area (Å²) >= 11 is 0. The second-order valence-corrected chi connectivity index (χ2v) is 2.91. The molecule has 0 aliphatic rings. The van der Waals surface area contributed by atoms with E-state index in [1.807, 2.05) is 6.07 Å². The number of H-pyrrole nitrogens is 1.